The van der Waals surface area contributed by atoms with Crippen LogP contribution in [-0.4, -0.2) is 25.4 Å². The first-order valence-corrected chi connectivity index (χ1v) is 10.0. The van der Waals surface area contributed by atoms with Crippen molar-refractivity contribution < 1.29 is 4.79 Å². The number of amides is 1. The van der Waals surface area contributed by atoms with E-state index in [0.717, 1.165) is 33.5 Å². The molecule has 0 aliphatic heterocycles. The van der Waals surface area contributed by atoms with E-state index in [2.05, 4.69) is 26.3 Å². The molecule has 0 atom stereocenters. The molecule has 0 bridgehead atoms. The lowest BCUT2D eigenvalue weighted by Crippen LogP contribution is -2.15. The van der Waals surface area contributed by atoms with Crippen molar-refractivity contribution in [2.24, 2.45) is 0 Å². The van der Waals surface area contributed by atoms with Gasteiger partial charge in [0.15, 0.2) is 5.13 Å². The number of carbonyl (C=O) groups excluding carboxylic acids is 1. The van der Waals surface area contributed by atoms with Crippen LogP contribution >= 0.6 is 11.3 Å². The van der Waals surface area contributed by atoms with Crippen LogP contribution in [0.15, 0.2) is 72.5 Å². The summed E-state index contributed by atoms with van der Waals surface area (Å²) in [4.78, 5) is 25.0. The van der Waals surface area contributed by atoms with Crippen LogP contribution in [0.4, 0.5) is 5.13 Å². The number of hydrogen-bond acceptors (Lipinski definition) is 4. The fourth-order valence-electron chi connectivity index (χ4n) is 3.47. The number of thiazole rings is 1. The number of hydrogen-bond donors (Lipinski definition) is 2. The Balaban J connectivity index is 1.44. The fourth-order valence-corrected chi connectivity index (χ4v) is 4.17. The smallest absolute Gasteiger partial charge is 0.276 e. The first-order valence-electron chi connectivity index (χ1n) is 9.13. The second kappa shape index (κ2) is 7.03. The van der Waals surface area contributed by atoms with Crippen molar-refractivity contribution in [3.63, 3.8) is 0 Å². The van der Waals surface area contributed by atoms with Crippen LogP contribution in [0.25, 0.3) is 27.8 Å². The van der Waals surface area contributed by atoms with Gasteiger partial charge in [-0.15, -0.1) is 11.3 Å². The van der Waals surface area contributed by atoms with Gasteiger partial charge in [-0.05, 0) is 25.1 Å². The van der Waals surface area contributed by atoms with Gasteiger partial charge in [0.05, 0.1) is 18.2 Å². The highest BCUT2D eigenvalue weighted by molar-refractivity contribution is 7.14. The van der Waals surface area contributed by atoms with Gasteiger partial charge >= 0.3 is 0 Å². The SMILES string of the molecule is Cc1[nH]c2ccccc2c1-c1csc(NC(=O)c2cncn2-c2ccccc2)n1. The van der Waals surface area contributed by atoms with Crippen LogP contribution in [0.1, 0.15) is 16.2 Å². The molecule has 3 heterocycles. The molecule has 5 rings (SSSR count). The molecule has 0 saturated heterocycles. The first-order chi connectivity index (χ1) is 14.2. The van der Waals surface area contributed by atoms with Crippen LogP contribution in [0.5, 0.6) is 0 Å². The number of imidazole rings is 1. The number of H-pyrrole nitrogens is 1. The van der Waals surface area contributed by atoms with E-state index in [4.69, 9.17) is 0 Å². The standard InChI is InChI=1S/C22H17N5OS/c1-14-20(16-9-5-6-10-17(16)24-14)18-12-29-22(25-18)26-21(28)19-11-23-13-27(19)15-7-3-2-4-8-15/h2-13,24H,1H3,(H,25,26,28). The zero-order chi connectivity index (χ0) is 19.8. The van der Waals surface area contributed by atoms with Gasteiger partial charge in [0.25, 0.3) is 5.91 Å². The Bertz CT molecular complexity index is 1320. The zero-order valence-corrected chi connectivity index (χ0v) is 16.4. The van der Waals surface area contributed by atoms with E-state index in [1.807, 2.05) is 60.8 Å². The molecule has 0 aliphatic carbocycles. The lowest BCUT2D eigenvalue weighted by molar-refractivity contribution is 0.102. The maximum absolute atomic E-state index is 12.8. The predicted octanol–water partition coefficient (Wildman–Crippen LogP) is 5.04. The third-order valence-corrected chi connectivity index (χ3v) is 5.54. The number of aryl methyl sites for hydroxylation is 1. The summed E-state index contributed by atoms with van der Waals surface area (Å²) in [5.41, 5.74) is 5.37. The molecule has 0 spiro atoms. The highest BCUT2D eigenvalue weighted by atomic mass is 32.1. The van der Waals surface area contributed by atoms with Crippen molar-refractivity contribution in [3.05, 3.63) is 83.9 Å². The lowest BCUT2D eigenvalue weighted by Gasteiger charge is -2.07. The monoisotopic (exact) mass is 399 g/mol. The molecule has 0 saturated carbocycles. The average Bonchev–Trinajstić information content (AvgIpc) is 3.46. The molecule has 2 aromatic carbocycles. The minimum absolute atomic E-state index is 0.247. The number of carbonyl (C=O) groups is 1. The summed E-state index contributed by atoms with van der Waals surface area (Å²) in [6, 6.07) is 17.8. The number of nitrogens with zero attached hydrogens (tertiary/aromatic N) is 3. The fraction of sp³-hybridized carbons (Fsp3) is 0.0455. The summed E-state index contributed by atoms with van der Waals surface area (Å²) in [6.07, 6.45) is 3.19. The van der Waals surface area contributed by atoms with Crippen LogP contribution in [0, 0.1) is 6.92 Å². The van der Waals surface area contributed by atoms with Gasteiger partial charge in [0.1, 0.15) is 5.69 Å². The average molecular weight is 399 g/mol. The van der Waals surface area contributed by atoms with Gasteiger partial charge < -0.3 is 4.98 Å². The largest absolute Gasteiger partial charge is 0.358 e. The molecule has 2 N–H and O–H groups in total. The van der Waals surface area contributed by atoms with Gasteiger partial charge in [-0.3, -0.25) is 14.7 Å². The molecule has 0 unspecified atom stereocenters. The van der Waals surface area contributed by atoms with E-state index >= 15 is 0 Å². The van der Waals surface area contributed by atoms with Crippen molar-refractivity contribution >= 4 is 33.3 Å². The molecule has 7 heteroatoms. The Hall–Kier alpha value is -3.71. The Morgan fingerprint density at radius 3 is 2.76 bits per heavy atom. The summed E-state index contributed by atoms with van der Waals surface area (Å²) in [5.74, 6) is -0.247. The summed E-state index contributed by atoms with van der Waals surface area (Å²) in [6.45, 7) is 2.03. The molecule has 0 fully saturated rings. The number of fused-ring (bicyclic) bond motifs is 1. The van der Waals surface area contributed by atoms with E-state index in [9.17, 15) is 4.79 Å². The molecular weight excluding hydrogens is 382 g/mol. The second-order valence-electron chi connectivity index (χ2n) is 6.65. The van der Waals surface area contributed by atoms with Crippen LogP contribution in [0.2, 0.25) is 0 Å². The number of nitrogens with one attached hydrogen (secondary N) is 2. The van der Waals surface area contributed by atoms with E-state index < -0.39 is 0 Å². The zero-order valence-electron chi connectivity index (χ0n) is 15.6. The first kappa shape index (κ1) is 17.4. The van der Waals surface area contributed by atoms with Gasteiger partial charge in [-0.1, -0.05) is 36.4 Å². The van der Waals surface area contributed by atoms with Crippen molar-refractivity contribution in [3.8, 4) is 16.9 Å². The molecule has 0 radical (unpaired) electrons. The molecular formula is C22H17N5OS. The van der Waals surface area contributed by atoms with Crippen molar-refractivity contribution in [2.75, 3.05) is 5.32 Å². The molecule has 142 valence electrons. The number of aromatic amines is 1. The Morgan fingerprint density at radius 1 is 1.10 bits per heavy atom. The molecule has 1 amide bonds. The number of anilines is 1. The topological polar surface area (TPSA) is 75.6 Å². The van der Waals surface area contributed by atoms with Crippen LogP contribution < -0.4 is 5.32 Å². The Morgan fingerprint density at radius 2 is 1.90 bits per heavy atom. The van der Waals surface area contributed by atoms with Crippen LogP contribution in [0.3, 0.4) is 0 Å². The molecule has 29 heavy (non-hydrogen) atoms. The maximum atomic E-state index is 12.8. The van der Waals surface area contributed by atoms with E-state index in [1.165, 1.54) is 11.3 Å². The maximum Gasteiger partial charge on any atom is 0.276 e. The van der Waals surface area contributed by atoms with Gasteiger partial charge in [-0.25, -0.2) is 9.97 Å². The minimum Gasteiger partial charge on any atom is -0.358 e. The highest BCUT2D eigenvalue weighted by Gasteiger charge is 2.17. The highest BCUT2D eigenvalue weighted by Crippen LogP contribution is 2.34. The van der Waals surface area contributed by atoms with E-state index in [1.54, 1.807) is 17.1 Å². The minimum atomic E-state index is -0.247. The van der Waals surface area contributed by atoms with E-state index in [-0.39, 0.29) is 5.91 Å². The van der Waals surface area contributed by atoms with Crippen molar-refractivity contribution in [2.45, 2.75) is 6.92 Å². The quantitative estimate of drug-likeness (QED) is 0.445. The molecule has 0 aliphatic rings. The second-order valence-corrected chi connectivity index (χ2v) is 7.51. The number of rotatable bonds is 4. The lowest BCUT2D eigenvalue weighted by atomic mass is 10.1. The van der Waals surface area contributed by atoms with E-state index in [0.29, 0.717) is 10.8 Å². The molecule has 6 nitrogen and oxygen atoms in total. The summed E-state index contributed by atoms with van der Waals surface area (Å²) in [7, 11) is 0. The predicted molar refractivity (Wildman–Crippen MR) is 116 cm³/mol. The van der Waals surface area contributed by atoms with Crippen molar-refractivity contribution in [1.82, 2.24) is 19.5 Å². The Kier molecular flexibility index (Phi) is 4.22. The Labute approximate surface area is 170 Å². The number of aromatic nitrogens is 4. The normalized spacial score (nSPS) is 11.1. The summed E-state index contributed by atoms with van der Waals surface area (Å²) < 4.78 is 1.76. The third kappa shape index (κ3) is 3.11. The molecule has 3 aromatic heterocycles. The summed E-state index contributed by atoms with van der Waals surface area (Å²) in [5, 5.41) is 6.54. The number of para-hydroxylation sites is 2. The van der Waals surface area contributed by atoms with Gasteiger partial charge in [0.2, 0.25) is 0 Å². The van der Waals surface area contributed by atoms with Gasteiger partial charge in [0, 0.05) is 33.2 Å². The third-order valence-electron chi connectivity index (χ3n) is 4.78. The number of benzene rings is 2. The molecule has 5 aromatic rings. The van der Waals surface area contributed by atoms with Gasteiger partial charge in [-0.2, -0.15) is 0 Å². The van der Waals surface area contributed by atoms with Crippen LogP contribution in [-0.2, 0) is 0 Å². The van der Waals surface area contributed by atoms with Crippen molar-refractivity contribution in [1.29, 1.82) is 0 Å². The summed E-state index contributed by atoms with van der Waals surface area (Å²) >= 11 is 1.41.